The van der Waals surface area contributed by atoms with Crippen molar-refractivity contribution in [3.8, 4) is 0 Å². The zero-order valence-corrected chi connectivity index (χ0v) is 15.6. The number of nitrogens with one attached hydrogen (secondary N) is 1. The first-order valence-electron chi connectivity index (χ1n) is 8.45. The molecule has 2 amide bonds. The van der Waals surface area contributed by atoms with Crippen LogP contribution < -0.4 is 11.1 Å². The van der Waals surface area contributed by atoms with Gasteiger partial charge in [-0.05, 0) is 43.3 Å². The lowest BCUT2D eigenvalue weighted by molar-refractivity contribution is -0.118. The molecule has 26 heavy (non-hydrogen) atoms. The monoisotopic (exact) mass is 369 g/mol. The summed E-state index contributed by atoms with van der Waals surface area (Å²) in [5, 5.41) is 3.04. The number of nitrogens with two attached hydrogens (primary N) is 1. The highest BCUT2D eigenvalue weighted by Gasteiger charge is 2.15. The lowest BCUT2D eigenvalue weighted by Gasteiger charge is -2.25. The average molecular weight is 369 g/mol. The van der Waals surface area contributed by atoms with Crippen molar-refractivity contribution in [2.24, 2.45) is 5.73 Å². The Morgan fingerprint density at radius 1 is 1.04 bits per heavy atom. The number of rotatable bonds is 7. The minimum absolute atomic E-state index is 0.176. The number of amides is 2. The molecule has 6 heteroatoms. The Morgan fingerprint density at radius 3 is 2.31 bits per heavy atom. The molecule has 0 spiro atoms. The normalized spacial score (nSPS) is 10.2. The van der Waals surface area contributed by atoms with E-state index in [1.165, 1.54) is 0 Å². The number of aryl methyl sites for hydroxylation is 1. The summed E-state index contributed by atoms with van der Waals surface area (Å²) in [6.45, 7) is 2.92. The quantitative estimate of drug-likeness (QED) is 0.735. The molecular weight excluding hydrogens is 346 g/mol. The molecule has 0 fully saturated rings. The topological polar surface area (TPSA) is 75.4 Å². The predicted octanol–water partition coefficient (Wildman–Crippen LogP) is 2.43. The number of thiocarbonyl (C=S) groups is 1. The van der Waals surface area contributed by atoms with Crippen molar-refractivity contribution < 1.29 is 9.59 Å². The fraction of sp³-hybridized carbons (Fsp3) is 0.250. The summed E-state index contributed by atoms with van der Waals surface area (Å²) >= 11 is 5.39. The highest BCUT2D eigenvalue weighted by molar-refractivity contribution is 7.80. The van der Waals surface area contributed by atoms with Gasteiger partial charge in [-0.25, -0.2) is 0 Å². The van der Waals surface area contributed by atoms with Gasteiger partial charge >= 0.3 is 0 Å². The fourth-order valence-electron chi connectivity index (χ4n) is 2.42. The number of benzene rings is 2. The minimum atomic E-state index is -0.401. The van der Waals surface area contributed by atoms with Crippen molar-refractivity contribution in [3.05, 3.63) is 71.3 Å². The first-order chi connectivity index (χ1) is 12.5. The van der Waals surface area contributed by atoms with Crippen LogP contribution in [0.4, 0.5) is 0 Å². The van der Waals surface area contributed by atoms with Crippen LogP contribution in [0.3, 0.4) is 0 Å². The highest BCUT2D eigenvalue weighted by atomic mass is 32.1. The SMILES string of the molecule is Cc1ccc(C(=O)NC(=S)N(CCC(N)=O)CCc2ccccc2)cc1. The minimum Gasteiger partial charge on any atom is -0.370 e. The molecule has 0 heterocycles. The lowest BCUT2D eigenvalue weighted by Crippen LogP contribution is -2.44. The summed E-state index contributed by atoms with van der Waals surface area (Å²) in [7, 11) is 0. The molecule has 2 rings (SSSR count). The van der Waals surface area contributed by atoms with Crippen LogP contribution in [0.2, 0.25) is 0 Å². The van der Waals surface area contributed by atoms with Crippen molar-refractivity contribution >= 4 is 29.1 Å². The van der Waals surface area contributed by atoms with Crippen molar-refractivity contribution in [2.45, 2.75) is 19.8 Å². The molecule has 0 saturated heterocycles. The maximum atomic E-state index is 12.4. The molecule has 0 unspecified atom stereocenters. The van der Waals surface area contributed by atoms with Gasteiger partial charge in [0, 0.05) is 25.1 Å². The van der Waals surface area contributed by atoms with E-state index in [0.29, 0.717) is 23.8 Å². The average Bonchev–Trinajstić information content (AvgIpc) is 2.62. The van der Waals surface area contributed by atoms with Crippen molar-refractivity contribution in [1.82, 2.24) is 10.2 Å². The molecule has 0 saturated carbocycles. The summed E-state index contributed by atoms with van der Waals surface area (Å²) in [6.07, 6.45) is 0.926. The van der Waals surface area contributed by atoms with E-state index in [2.05, 4.69) is 5.32 Å². The largest absolute Gasteiger partial charge is 0.370 e. The number of hydrogen-bond acceptors (Lipinski definition) is 3. The van der Waals surface area contributed by atoms with Crippen molar-refractivity contribution in [1.29, 1.82) is 0 Å². The molecule has 0 aliphatic heterocycles. The van der Waals surface area contributed by atoms with E-state index in [1.54, 1.807) is 17.0 Å². The standard InChI is InChI=1S/C20H23N3O2S/c1-15-7-9-17(10-8-15)19(25)22-20(26)23(14-12-18(21)24)13-11-16-5-3-2-4-6-16/h2-10H,11-14H2,1H3,(H2,21,24)(H,22,25,26). The van der Waals surface area contributed by atoms with Gasteiger partial charge in [-0.3, -0.25) is 14.9 Å². The van der Waals surface area contributed by atoms with Gasteiger partial charge in [-0.1, -0.05) is 48.0 Å². The van der Waals surface area contributed by atoms with Crippen molar-refractivity contribution in [2.75, 3.05) is 13.1 Å². The summed E-state index contributed by atoms with van der Waals surface area (Å²) < 4.78 is 0. The second-order valence-electron chi connectivity index (χ2n) is 6.06. The second-order valence-corrected chi connectivity index (χ2v) is 6.45. The van der Waals surface area contributed by atoms with Gasteiger partial charge in [0.05, 0.1) is 0 Å². The predicted molar refractivity (Wildman–Crippen MR) is 107 cm³/mol. The van der Waals surface area contributed by atoms with E-state index >= 15 is 0 Å². The summed E-state index contributed by atoms with van der Waals surface area (Å²) in [4.78, 5) is 25.3. The number of primary amides is 1. The zero-order chi connectivity index (χ0) is 18.9. The molecule has 0 aliphatic rings. The van der Waals surface area contributed by atoms with Crippen LogP contribution in [0.5, 0.6) is 0 Å². The fourth-order valence-corrected chi connectivity index (χ4v) is 2.70. The van der Waals surface area contributed by atoms with Gasteiger partial charge in [-0.15, -0.1) is 0 Å². The molecule has 136 valence electrons. The van der Waals surface area contributed by atoms with E-state index in [4.69, 9.17) is 18.0 Å². The van der Waals surface area contributed by atoms with Gasteiger partial charge in [0.15, 0.2) is 5.11 Å². The van der Waals surface area contributed by atoms with Gasteiger partial charge < -0.3 is 10.6 Å². The first-order valence-corrected chi connectivity index (χ1v) is 8.85. The molecule has 0 radical (unpaired) electrons. The third-order valence-corrected chi connectivity index (χ3v) is 4.32. The van der Waals surface area contributed by atoms with E-state index in [9.17, 15) is 9.59 Å². The van der Waals surface area contributed by atoms with Crippen LogP contribution >= 0.6 is 12.2 Å². The Balaban J connectivity index is 2.00. The third kappa shape index (κ3) is 6.29. The number of hydrogen-bond donors (Lipinski definition) is 2. The number of carbonyl (C=O) groups is 2. The van der Waals surface area contributed by atoms with E-state index in [-0.39, 0.29) is 12.3 Å². The van der Waals surface area contributed by atoms with Crippen LogP contribution in [0, 0.1) is 6.92 Å². The van der Waals surface area contributed by atoms with E-state index in [0.717, 1.165) is 17.5 Å². The molecule has 2 aromatic rings. The highest BCUT2D eigenvalue weighted by Crippen LogP contribution is 2.05. The molecule has 0 atom stereocenters. The van der Waals surface area contributed by atoms with Crippen molar-refractivity contribution in [3.63, 3.8) is 0 Å². The smallest absolute Gasteiger partial charge is 0.257 e. The zero-order valence-electron chi connectivity index (χ0n) is 14.8. The molecular formula is C20H23N3O2S. The Bertz CT molecular complexity index is 760. The van der Waals surface area contributed by atoms with Crippen LogP contribution in [0.1, 0.15) is 27.9 Å². The van der Waals surface area contributed by atoms with E-state index < -0.39 is 5.91 Å². The molecule has 0 aromatic heterocycles. The van der Waals surface area contributed by atoms with Crippen LogP contribution in [0.15, 0.2) is 54.6 Å². The first kappa shape index (κ1) is 19.6. The Morgan fingerprint density at radius 2 is 1.69 bits per heavy atom. The maximum absolute atomic E-state index is 12.4. The summed E-state index contributed by atoms with van der Waals surface area (Å²) in [6, 6.07) is 17.2. The Labute approximate surface area is 159 Å². The second kappa shape index (κ2) is 9.68. The maximum Gasteiger partial charge on any atom is 0.257 e. The molecule has 0 aliphatic carbocycles. The Kier molecular flexibility index (Phi) is 7.29. The van der Waals surface area contributed by atoms with Crippen LogP contribution in [-0.2, 0) is 11.2 Å². The molecule has 2 aromatic carbocycles. The summed E-state index contributed by atoms with van der Waals surface area (Å²) in [5.74, 6) is -0.666. The Hall–Kier alpha value is -2.73. The van der Waals surface area contributed by atoms with Gasteiger partial charge in [0.1, 0.15) is 0 Å². The van der Waals surface area contributed by atoms with Gasteiger partial charge in [0.25, 0.3) is 5.91 Å². The molecule has 0 bridgehead atoms. The third-order valence-electron chi connectivity index (χ3n) is 3.96. The van der Waals surface area contributed by atoms with Crippen LogP contribution in [-0.4, -0.2) is 34.9 Å². The number of nitrogens with zero attached hydrogens (tertiary/aromatic N) is 1. The van der Waals surface area contributed by atoms with Gasteiger partial charge in [0.2, 0.25) is 5.91 Å². The van der Waals surface area contributed by atoms with Gasteiger partial charge in [-0.2, -0.15) is 0 Å². The number of carbonyl (C=O) groups excluding carboxylic acids is 2. The molecule has 3 N–H and O–H groups in total. The van der Waals surface area contributed by atoms with Crippen LogP contribution in [0.25, 0.3) is 0 Å². The summed E-state index contributed by atoms with van der Waals surface area (Å²) in [5.41, 5.74) is 8.03. The lowest BCUT2D eigenvalue weighted by atomic mass is 10.1. The van der Waals surface area contributed by atoms with E-state index in [1.807, 2.05) is 49.4 Å². The molecule has 5 nitrogen and oxygen atoms in total.